The van der Waals surface area contributed by atoms with Gasteiger partial charge in [0, 0.05) is 39.0 Å². The van der Waals surface area contributed by atoms with Gasteiger partial charge in [0.15, 0.2) is 0 Å². The van der Waals surface area contributed by atoms with Crippen molar-refractivity contribution >= 4 is 17.6 Å². The number of hydrogen-bond acceptors (Lipinski definition) is 5. The molecule has 0 aliphatic heterocycles. The minimum Gasteiger partial charge on any atom is -0.374 e. The summed E-state index contributed by atoms with van der Waals surface area (Å²) in [5, 5.41) is 0. The Morgan fingerprint density at radius 2 is 1.11 bits per heavy atom. The second-order valence-corrected chi connectivity index (χ2v) is 9.69. The van der Waals surface area contributed by atoms with Crippen molar-refractivity contribution in [2.75, 3.05) is 26.4 Å². The van der Waals surface area contributed by atoms with Crippen LogP contribution in [0.15, 0.2) is 0 Å². The van der Waals surface area contributed by atoms with Crippen molar-refractivity contribution in [3.8, 4) is 0 Å². The standard InChI is InChI=1S/C12H30O5Si2/c1-7-12-19(15-10-4,16-11-5)17-18(6,13-8-2)14-9-3/h7-12H2,1-6H3. The van der Waals surface area contributed by atoms with Gasteiger partial charge in [0.25, 0.3) is 0 Å². The molecule has 116 valence electrons. The van der Waals surface area contributed by atoms with E-state index in [1.54, 1.807) is 0 Å². The average molecular weight is 311 g/mol. The first kappa shape index (κ1) is 19.2. The van der Waals surface area contributed by atoms with Crippen molar-refractivity contribution in [2.45, 2.75) is 53.6 Å². The maximum absolute atomic E-state index is 6.22. The highest BCUT2D eigenvalue weighted by atomic mass is 28.5. The first-order valence-electron chi connectivity index (χ1n) is 7.27. The molecule has 0 saturated carbocycles. The lowest BCUT2D eigenvalue weighted by Crippen LogP contribution is -2.57. The van der Waals surface area contributed by atoms with E-state index in [4.69, 9.17) is 21.8 Å². The predicted molar refractivity (Wildman–Crippen MR) is 80.1 cm³/mol. The van der Waals surface area contributed by atoms with E-state index in [2.05, 4.69) is 6.92 Å². The summed E-state index contributed by atoms with van der Waals surface area (Å²) in [5.41, 5.74) is 0. The van der Waals surface area contributed by atoms with Crippen LogP contribution in [0.25, 0.3) is 0 Å². The molecule has 0 bridgehead atoms. The molecular formula is C12H30O5Si2. The Bertz CT molecular complexity index is 205. The van der Waals surface area contributed by atoms with Crippen LogP contribution in [0.1, 0.15) is 41.0 Å². The Morgan fingerprint density at radius 3 is 1.42 bits per heavy atom. The van der Waals surface area contributed by atoms with E-state index in [9.17, 15) is 0 Å². The van der Waals surface area contributed by atoms with Gasteiger partial charge in [-0.2, -0.15) is 0 Å². The fourth-order valence-electron chi connectivity index (χ4n) is 1.95. The molecule has 0 spiro atoms. The molecular weight excluding hydrogens is 280 g/mol. The lowest BCUT2D eigenvalue weighted by molar-refractivity contribution is 0.0536. The molecule has 0 saturated heterocycles. The Labute approximate surface area is 120 Å². The summed E-state index contributed by atoms with van der Waals surface area (Å²) in [7, 11) is -5.38. The maximum atomic E-state index is 6.22. The van der Waals surface area contributed by atoms with Crippen LogP contribution in [-0.2, 0) is 21.8 Å². The van der Waals surface area contributed by atoms with E-state index >= 15 is 0 Å². The summed E-state index contributed by atoms with van der Waals surface area (Å²) in [6.07, 6.45) is 0.953. The summed E-state index contributed by atoms with van der Waals surface area (Å²) < 4.78 is 29.4. The molecule has 0 amide bonds. The topological polar surface area (TPSA) is 46.2 Å². The van der Waals surface area contributed by atoms with Gasteiger partial charge in [-0.3, -0.25) is 0 Å². The molecule has 0 radical (unpaired) electrons. The first-order valence-corrected chi connectivity index (χ1v) is 11.4. The van der Waals surface area contributed by atoms with Crippen LogP contribution < -0.4 is 0 Å². The molecule has 0 N–H and O–H groups in total. The molecule has 7 heteroatoms. The second kappa shape index (κ2) is 10.0. The highest BCUT2D eigenvalue weighted by molar-refractivity contribution is 6.74. The minimum absolute atomic E-state index is 0.567. The summed E-state index contributed by atoms with van der Waals surface area (Å²) in [6.45, 7) is 14.1. The van der Waals surface area contributed by atoms with Gasteiger partial charge < -0.3 is 21.8 Å². The lowest BCUT2D eigenvalue weighted by Gasteiger charge is -2.36. The normalized spacial score (nSPS) is 12.9. The van der Waals surface area contributed by atoms with Crippen molar-refractivity contribution in [2.24, 2.45) is 0 Å². The third-order valence-corrected chi connectivity index (χ3v) is 9.36. The van der Waals surface area contributed by atoms with Crippen molar-refractivity contribution in [1.29, 1.82) is 0 Å². The molecule has 0 aliphatic carbocycles. The van der Waals surface area contributed by atoms with E-state index in [-0.39, 0.29) is 0 Å². The summed E-state index contributed by atoms with van der Waals surface area (Å²) in [5.74, 6) is 0. The third kappa shape index (κ3) is 6.98. The zero-order chi connectivity index (χ0) is 14.8. The molecule has 0 atom stereocenters. The summed E-state index contributed by atoms with van der Waals surface area (Å²) in [4.78, 5) is 0. The quantitative estimate of drug-likeness (QED) is 0.518. The van der Waals surface area contributed by atoms with Gasteiger partial charge >= 0.3 is 17.6 Å². The molecule has 0 heterocycles. The van der Waals surface area contributed by atoms with Crippen LogP contribution in [0.4, 0.5) is 0 Å². The highest BCUT2D eigenvalue weighted by Crippen LogP contribution is 2.24. The van der Waals surface area contributed by atoms with Crippen LogP contribution in [0.3, 0.4) is 0 Å². The van der Waals surface area contributed by atoms with Crippen LogP contribution in [-0.4, -0.2) is 44.0 Å². The van der Waals surface area contributed by atoms with Crippen molar-refractivity contribution in [1.82, 2.24) is 0 Å². The summed E-state index contributed by atoms with van der Waals surface area (Å²) >= 11 is 0. The van der Waals surface area contributed by atoms with Crippen molar-refractivity contribution in [3.05, 3.63) is 0 Å². The molecule has 0 aromatic heterocycles. The minimum atomic E-state index is -2.69. The van der Waals surface area contributed by atoms with Gasteiger partial charge in [-0.15, -0.1) is 0 Å². The third-order valence-electron chi connectivity index (χ3n) is 2.44. The first-order chi connectivity index (χ1) is 9.01. The average Bonchev–Trinajstić information content (AvgIpc) is 2.30. The molecule has 19 heavy (non-hydrogen) atoms. The molecule has 5 nitrogen and oxygen atoms in total. The Balaban J connectivity index is 4.99. The molecule has 0 unspecified atom stereocenters. The van der Waals surface area contributed by atoms with Crippen LogP contribution in [0.2, 0.25) is 12.6 Å². The Kier molecular flexibility index (Phi) is 10.2. The fraction of sp³-hybridized carbons (Fsp3) is 1.00. The van der Waals surface area contributed by atoms with Crippen LogP contribution in [0, 0.1) is 0 Å². The van der Waals surface area contributed by atoms with Gasteiger partial charge in [0.1, 0.15) is 0 Å². The van der Waals surface area contributed by atoms with Gasteiger partial charge in [0.2, 0.25) is 0 Å². The van der Waals surface area contributed by atoms with Crippen LogP contribution >= 0.6 is 0 Å². The number of rotatable bonds is 12. The predicted octanol–water partition coefficient (Wildman–Crippen LogP) is 3.07. The van der Waals surface area contributed by atoms with Gasteiger partial charge in [-0.25, -0.2) is 0 Å². The van der Waals surface area contributed by atoms with Crippen molar-refractivity contribution < 1.29 is 21.8 Å². The van der Waals surface area contributed by atoms with E-state index in [1.165, 1.54) is 0 Å². The van der Waals surface area contributed by atoms with Gasteiger partial charge in [-0.1, -0.05) is 13.3 Å². The van der Waals surface area contributed by atoms with E-state index in [1.807, 2.05) is 34.2 Å². The molecule has 0 fully saturated rings. The lowest BCUT2D eigenvalue weighted by atomic mass is 10.6. The SMILES string of the molecule is CCC[Si](OCC)(OCC)O[Si](C)(OCC)OCC. The Morgan fingerprint density at radius 1 is 0.684 bits per heavy atom. The zero-order valence-electron chi connectivity index (χ0n) is 13.3. The van der Waals surface area contributed by atoms with Crippen LogP contribution in [0.5, 0.6) is 0 Å². The summed E-state index contributed by atoms with van der Waals surface area (Å²) in [6, 6.07) is 0.789. The Hall–Kier alpha value is 0.234. The van der Waals surface area contributed by atoms with Crippen molar-refractivity contribution in [3.63, 3.8) is 0 Å². The molecule has 0 rings (SSSR count). The largest absolute Gasteiger partial charge is 0.493 e. The molecule has 0 aromatic rings. The maximum Gasteiger partial charge on any atom is 0.493 e. The smallest absolute Gasteiger partial charge is 0.374 e. The van der Waals surface area contributed by atoms with E-state index < -0.39 is 17.6 Å². The zero-order valence-corrected chi connectivity index (χ0v) is 15.3. The molecule has 0 aromatic carbocycles. The van der Waals surface area contributed by atoms with Gasteiger partial charge in [0.05, 0.1) is 0 Å². The fourth-order valence-corrected chi connectivity index (χ4v) is 8.56. The monoisotopic (exact) mass is 310 g/mol. The van der Waals surface area contributed by atoms with E-state index in [0.29, 0.717) is 26.4 Å². The second-order valence-electron chi connectivity index (χ2n) is 4.13. The van der Waals surface area contributed by atoms with Gasteiger partial charge in [-0.05, 0) is 27.7 Å². The van der Waals surface area contributed by atoms with E-state index in [0.717, 1.165) is 12.5 Å². The molecule has 0 aliphatic rings. The highest BCUT2D eigenvalue weighted by Gasteiger charge is 2.50. The number of hydrogen-bond donors (Lipinski definition) is 0.